The van der Waals surface area contributed by atoms with Crippen LogP contribution in [0.5, 0.6) is 0 Å². The van der Waals surface area contributed by atoms with Gasteiger partial charge in [0.1, 0.15) is 0 Å². The number of carboxylic acid groups (broad SMARTS) is 1. The third kappa shape index (κ3) is 2.54. The van der Waals surface area contributed by atoms with Crippen LogP contribution < -0.4 is 0 Å². The van der Waals surface area contributed by atoms with Crippen LogP contribution in [0.25, 0.3) is 0 Å². The Kier molecular flexibility index (Phi) is 2.95. The highest BCUT2D eigenvalue weighted by Gasteiger charge is 2.25. The van der Waals surface area contributed by atoms with Crippen molar-refractivity contribution in [3.05, 3.63) is 0 Å². The van der Waals surface area contributed by atoms with Crippen molar-refractivity contribution in [2.45, 2.75) is 27.2 Å². The van der Waals surface area contributed by atoms with Gasteiger partial charge in [-0.15, -0.1) is 11.8 Å². The number of aliphatic carboxylic acids is 1. The number of rotatable bonds is 2. The molecular formula is C8H12O2. The second-order valence-electron chi connectivity index (χ2n) is 2.79. The fourth-order valence-electron chi connectivity index (χ4n) is 0.385. The lowest BCUT2D eigenvalue weighted by Gasteiger charge is -2.14. The Hall–Kier alpha value is -0.970. The minimum absolute atomic E-state index is 0.416. The normalized spacial score (nSPS) is 9.90. The van der Waals surface area contributed by atoms with Crippen LogP contribution in [0.3, 0.4) is 0 Å². The van der Waals surface area contributed by atoms with E-state index >= 15 is 0 Å². The number of carboxylic acids is 1. The molecule has 0 amide bonds. The van der Waals surface area contributed by atoms with E-state index in [0.717, 1.165) is 0 Å². The summed E-state index contributed by atoms with van der Waals surface area (Å²) in [5.74, 6) is 4.61. The molecule has 0 spiro atoms. The molecule has 0 aromatic rings. The van der Waals surface area contributed by atoms with Crippen molar-refractivity contribution >= 4 is 5.97 Å². The van der Waals surface area contributed by atoms with Gasteiger partial charge in [-0.3, -0.25) is 4.79 Å². The van der Waals surface area contributed by atoms with Gasteiger partial charge in [0.05, 0.1) is 5.41 Å². The fraction of sp³-hybridized carbons (Fsp3) is 0.625. The van der Waals surface area contributed by atoms with Gasteiger partial charge in [-0.2, -0.15) is 0 Å². The molecule has 2 nitrogen and oxygen atoms in total. The van der Waals surface area contributed by atoms with E-state index in [-0.39, 0.29) is 0 Å². The molecule has 0 unspecified atom stereocenters. The van der Waals surface area contributed by atoms with Crippen molar-refractivity contribution in [2.75, 3.05) is 0 Å². The summed E-state index contributed by atoms with van der Waals surface area (Å²) in [6.07, 6.45) is 0.416. The van der Waals surface area contributed by atoms with Gasteiger partial charge in [0.25, 0.3) is 0 Å². The third-order valence-corrected chi connectivity index (χ3v) is 1.29. The predicted molar refractivity (Wildman–Crippen MR) is 39.5 cm³/mol. The van der Waals surface area contributed by atoms with Crippen LogP contribution in [-0.4, -0.2) is 11.1 Å². The van der Waals surface area contributed by atoms with E-state index in [1.807, 2.05) is 0 Å². The first-order valence-corrected chi connectivity index (χ1v) is 3.13. The summed E-state index contributed by atoms with van der Waals surface area (Å²) in [5.41, 5.74) is -0.705. The molecule has 0 heterocycles. The molecule has 0 aromatic heterocycles. The van der Waals surface area contributed by atoms with Gasteiger partial charge in [0.2, 0.25) is 0 Å². The van der Waals surface area contributed by atoms with Crippen LogP contribution in [-0.2, 0) is 4.79 Å². The Morgan fingerprint density at radius 2 is 2.10 bits per heavy atom. The van der Waals surface area contributed by atoms with E-state index in [2.05, 4.69) is 11.8 Å². The smallest absolute Gasteiger partial charge is 0.310 e. The fourth-order valence-corrected chi connectivity index (χ4v) is 0.385. The first-order valence-electron chi connectivity index (χ1n) is 3.13. The molecule has 0 radical (unpaired) electrons. The van der Waals surface area contributed by atoms with Crippen LogP contribution in [0, 0.1) is 17.3 Å². The van der Waals surface area contributed by atoms with E-state index in [0.29, 0.717) is 6.42 Å². The number of hydrogen-bond acceptors (Lipinski definition) is 1. The molecular weight excluding hydrogens is 128 g/mol. The maximum Gasteiger partial charge on any atom is 0.310 e. The molecule has 1 N–H and O–H groups in total. The second kappa shape index (κ2) is 3.26. The largest absolute Gasteiger partial charge is 0.481 e. The quantitative estimate of drug-likeness (QED) is 0.590. The monoisotopic (exact) mass is 140 g/mol. The minimum atomic E-state index is -0.796. The Bertz CT molecular complexity index is 181. The van der Waals surface area contributed by atoms with Crippen molar-refractivity contribution < 1.29 is 9.90 Å². The molecule has 0 saturated carbocycles. The lowest BCUT2D eigenvalue weighted by molar-refractivity contribution is -0.146. The molecule has 2 heteroatoms. The van der Waals surface area contributed by atoms with E-state index in [9.17, 15) is 4.79 Å². The Morgan fingerprint density at radius 3 is 2.40 bits per heavy atom. The summed E-state index contributed by atoms with van der Waals surface area (Å²) in [5, 5.41) is 8.60. The standard InChI is InChI=1S/C8H12O2/c1-4-5-6-8(2,3)7(9)10/h6H2,1-3H3,(H,9,10). The highest BCUT2D eigenvalue weighted by molar-refractivity contribution is 5.73. The van der Waals surface area contributed by atoms with Crippen molar-refractivity contribution in [3.8, 4) is 11.8 Å². The van der Waals surface area contributed by atoms with Gasteiger partial charge < -0.3 is 5.11 Å². The van der Waals surface area contributed by atoms with Gasteiger partial charge in [0.15, 0.2) is 0 Å². The van der Waals surface area contributed by atoms with Gasteiger partial charge in [-0.25, -0.2) is 0 Å². The minimum Gasteiger partial charge on any atom is -0.481 e. The zero-order chi connectivity index (χ0) is 8.20. The Balaban J connectivity index is 4.08. The van der Waals surface area contributed by atoms with Crippen molar-refractivity contribution in [2.24, 2.45) is 5.41 Å². The first kappa shape index (κ1) is 9.03. The number of carbonyl (C=O) groups is 1. The van der Waals surface area contributed by atoms with Crippen LogP contribution in [0.4, 0.5) is 0 Å². The molecule has 0 aliphatic carbocycles. The van der Waals surface area contributed by atoms with Crippen molar-refractivity contribution in [1.29, 1.82) is 0 Å². The van der Waals surface area contributed by atoms with E-state index in [1.54, 1.807) is 20.8 Å². The molecule has 0 rings (SSSR count). The molecule has 0 bridgehead atoms. The maximum atomic E-state index is 10.5. The third-order valence-electron chi connectivity index (χ3n) is 1.29. The maximum absolute atomic E-state index is 10.5. The van der Waals surface area contributed by atoms with Gasteiger partial charge in [0, 0.05) is 6.42 Å². The van der Waals surface area contributed by atoms with Crippen LogP contribution in [0.15, 0.2) is 0 Å². The summed E-state index contributed by atoms with van der Waals surface area (Å²) < 4.78 is 0. The number of hydrogen-bond donors (Lipinski definition) is 1. The van der Waals surface area contributed by atoms with Crippen LogP contribution in [0.1, 0.15) is 27.2 Å². The van der Waals surface area contributed by atoms with Crippen molar-refractivity contribution in [3.63, 3.8) is 0 Å². The van der Waals surface area contributed by atoms with E-state index in [1.165, 1.54) is 0 Å². The highest BCUT2D eigenvalue weighted by Crippen LogP contribution is 2.18. The summed E-state index contributed by atoms with van der Waals surface area (Å²) >= 11 is 0. The molecule has 0 saturated heterocycles. The molecule has 0 aliphatic rings. The molecule has 0 aliphatic heterocycles. The van der Waals surface area contributed by atoms with E-state index < -0.39 is 11.4 Å². The molecule has 10 heavy (non-hydrogen) atoms. The SMILES string of the molecule is CC#CCC(C)(C)C(=O)O. The van der Waals surface area contributed by atoms with Crippen LogP contribution >= 0.6 is 0 Å². The zero-order valence-electron chi connectivity index (χ0n) is 6.56. The summed E-state index contributed by atoms with van der Waals surface area (Å²) in [6.45, 7) is 5.04. The Morgan fingerprint density at radius 1 is 1.60 bits per heavy atom. The topological polar surface area (TPSA) is 37.3 Å². The zero-order valence-corrected chi connectivity index (χ0v) is 6.56. The lowest BCUT2D eigenvalue weighted by atomic mass is 9.90. The average molecular weight is 140 g/mol. The molecule has 0 atom stereocenters. The summed E-state index contributed by atoms with van der Waals surface area (Å²) in [7, 11) is 0. The van der Waals surface area contributed by atoms with Gasteiger partial charge in [-0.05, 0) is 20.8 Å². The van der Waals surface area contributed by atoms with Crippen LogP contribution in [0.2, 0.25) is 0 Å². The highest BCUT2D eigenvalue weighted by atomic mass is 16.4. The first-order chi connectivity index (χ1) is 4.50. The average Bonchev–Trinajstić information content (AvgIpc) is 1.84. The lowest BCUT2D eigenvalue weighted by Crippen LogP contribution is -2.22. The molecule has 56 valence electrons. The summed E-state index contributed by atoms with van der Waals surface area (Å²) in [4.78, 5) is 10.5. The Labute approximate surface area is 61.2 Å². The predicted octanol–water partition coefficient (Wildman–Crippen LogP) is 1.51. The second-order valence-corrected chi connectivity index (χ2v) is 2.79. The van der Waals surface area contributed by atoms with E-state index in [4.69, 9.17) is 5.11 Å². The van der Waals surface area contributed by atoms with Gasteiger partial charge in [-0.1, -0.05) is 0 Å². The molecule has 0 aromatic carbocycles. The summed E-state index contributed by atoms with van der Waals surface area (Å²) in [6, 6.07) is 0. The van der Waals surface area contributed by atoms with Gasteiger partial charge >= 0.3 is 5.97 Å². The van der Waals surface area contributed by atoms with Crippen molar-refractivity contribution in [1.82, 2.24) is 0 Å². The molecule has 0 fully saturated rings.